The van der Waals surface area contributed by atoms with Crippen molar-refractivity contribution in [2.24, 2.45) is 5.73 Å². The Bertz CT molecular complexity index is 901. The molecule has 0 radical (unpaired) electrons. The smallest absolute Gasteiger partial charge is 0.248 e. The number of amides is 1. The normalized spacial score (nSPS) is 10.9. The number of aromatic nitrogens is 2. The van der Waals surface area contributed by atoms with Crippen molar-refractivity contribution < 1.29 is 4.79 Å². The number of nitrogens with two attached hydrogens (primary N) is 1. The number of aryl methyl sites for hydroxylation is 3. The molecule has 0 fully saturated rings. The Morgan fingerprint density at radius 1 is 1.26 bits per heavy atom. The zero-order valence-electron chi connectivity index (χ0n) is 13.3. The quantitative estimate of drug-likeness (QED) is 0.770. The van der Waals surface area contributed by atoms with Gasteiger partial charge in [-0.3, -0.25) is 4.79 Å². The zero-order chi connectivity index (χ0) is 16.6. The Hall–Kier alpha value is -2.47. The number of hydrogen-bond acceptors (Lipinski definition) is 5. The highest BCUT2D eigenvalue weighted by Gasteiger charge is 2.13. The molecule has 23 heavy (non-hydrogen) atoms. The number of nitrogens with one attached hydrogen (secondary N) is 1. The number of thiophene rings is 1. The second-order valence-corrected chi connectivity index (χ2v) is 6.70. The van der Waals surface area contributed by atoms with Gasteiger partial charge in [-0.1, -0.05) is 12.1 Å². The maximum absolute atomic E-state index is 11.3. The van der Waals surface area contributed by atoms with Crippen LogP contribution in [0.5, 0.6) is 0 Å². The number of anilines is 1. The number of rotatable bonds is 4. The van der Waals surface area contributed by atoms with Gasteiger partial charge in [0.25, 0.3) is 0 Å². The number of primary amides is 1. The number of carbonyl (C=O) groups excluding carboxylic acids is 1. The van der Waals surface area contributed by atoms with Crippen LogP contribution in [-0.2, 0) is 6.54 Å². The van der Waals surface area contributed by atoms with Gasteiger partial charge < -0.3 is 11.1 Å². The maximum atomic E-state index is 11.3. The Morgan fingerprint density at radius 2 is 2.04 bits per heavy atom. The van der Waals surface area contributed by atoms with Crippen LogP contribution in [0.15, 0.2) is 24.3 Å². The summed E-state index contributed by atoms with van der Waals surface area (Å²) in [5.41, 5.74) is 8.03. The molecule has 3 N–H and O–H groups in total. The minimum atomic E-state index is -0.420. The first-order valence-corrected chi connectivity index (χ1v) is 8.14. The average Bonchev–Trinajstić information content (AvgIpc) is 2.79. The molecule has 3 rings (SSSR count). The molecule has 3 aromatic rings. The van der Waals surface area contributed by atoms with Gasteiger partial charge in [-0.25, -0.2) is 9.97 Å². The molecule has 2 heterocycles. The van der Waals surface area contributed by atoms with Crippen molar-refractivity contribution in [3.05, 3.63) is 51.7 Å². The molecular weight excluding hydrogens is 308 g/mol. The fourth-order valence-corrected chi connectivity index (χ4v) is 3.58. The van der Waals surface area contributed by atoms with Crippen LogP contribution < -0.4 is 11.1 Å². The van der Waals surface area contributed by atoms with E-state index in [1.54, 1.807) is 23.5 Å². The lowest BCUT2D eigenvalue weighted by molar-refractivity contribution is 0.1000. The van der Waals surface area contributed by atoms with Crippen LogP contribution in [0.1, 0.15) is 32.2 Å². The standard InChI is InChI=1S/C17H18N4OS/c1-9-10(2)23-17-14(9)16(20-11(3)21-17)19-8-12-5-4-6-13(7-12)15(18)22/h4-7H,8H2,1-3H3,(H2,18,22)(H,19,20,21). The Kier molecular flexibility index (Phi) is 4.00. The van der Waals surface area contributed by atoms with Crippen LogP contribution in [0, 0.1) is 20.8 Å². The topological polar surface area (TPSA) is 80.9 Å². The lowest BCUT2D eigenvalue weighted by Crippen LogP contribution is -2.11. The summed E-state index contributed by atoms with van der Waals surface area (Å²) in [6.45, 7) is 6.65. The van der Waals surface area contributed by atoms with E-state index in [2.05, 4.69) is 29.1 Å². The first kappa shape index (κ1) is 15.4. The summed E-state index contributed by atoms with van der Waals surface area (Å²) in [4.78, 5) is 22.6. The minimum Gasteiger partial charge on any atom is -0.366 e. The van der Waals surface area contributed by atoms with Gasteiger partial charge in [-0.2, -0.15) is 0 Å². The molecule has 2 aromatic heterocycles. The molecule has 0 aliphatic rings. The molecule has 0 bridgehead atoms. The third-order valence-corrected chi connectivity index (χ3v) is 4.91. The summed E-state index contributed by atoms with van der Waals surface area (Å²) >= 11 is 1.68. The Morgan fingerprint density at radius 3 is 2.78 bits per heavy atom. The highest BCUT2D eigenvalue weighted by molar-refractivity contribution is 7.18. The highest BCUT2D eigenvalue weighted by atomic mass is 32.1. The number of benzene rings is 1. The molecule has 1 amide bonds. The number of hydrogen-bond donors (Lipinski definition) is 2. The molecular formula is C17H18N4OS. The summed E-state index contributed by atoms with van der Waals surface area (Å²) < 4.78 is 0. The fourth-order valence-electron chi connectivity index (χ4n) is 2.50. The van der Waals surface area contributed by atoms with Gasteiger partial charge in [0.1, 0.15) is 16.5 Å². The first-order valence-electron chi connectivity index (χ1n) is 7.32. The van der Waals surface area contributed by atoms with E-state index in [0.29, 0.717) is 12.1 Å². The molecule has 0 aliphatic heterocycles. The maximum Gasteiger partial charge on any atom is 0.248 e. The number of nitrogens with zero attached hydrogens (tertiary/aromatic N) is 2. The highest BCUT2D eigenvalue weighted by Crippen LogP contribution is 2.33. The van der Waals surface area contributed by atoms with E-state index in [1.807, 2.05) is 19.1 Å². The second-order valence-electron chi connectivity index (χ2n) is 5.50. The van der Waals surface area contributed by atoms with Crippen LogP contribution in [0.3, 0.4) is 0 Å². The van der Waals surface area contributed by atoms with Crippen LogP contribution in [0.2, 0.25) is 0 Å². The molecule has 6 heteroatoms. The van der Waals surface area contributed by atoms with Gasteiger partial charge in [0, 0.05) is 17.0 Å². The molecule has 0 atom stereocenters. The van der Waals surface area contributed by atoms with Gasteiger partial charge in [0.2, 0.25) is 5.91 Å². The molecule has 0 saturated heterocycles. The molecule has 118 valence electrons. The van der Waals surface area contributed by atoms with Gasteiger partial charge in [-0.15, -0.1) is 11.3 Å². The van der Waals surface area contributed by atoms with Gasteiger partial charge in [-0.05, 0) is 44.0 Å². The average molecular weight is 326 g/mol. The molecule has 0 unspecified atom stereocenters. The van der Waals surface area contributed by atoms with Crippen LogP contribution in [0.4, 0.5) is 5.82 Å². The van der Waals surface area contributed by atoms with Crippen molar-refractivity contribution in [1.29, 1.82) is 0 Å². The first-order chi connectivity index (χ1) is 11.0. The van der Waals surface area contributed by atoms with E-state index in [-0.39, 0.29) is 0 Å². The predicted octanol–water partition coefficient (Wildman–Crippen LogP) is 3.33. The van der Waals surface area contributed by atoms with Gasteiger partial charge in [0.15, 0.2) is 0 Å². The lowest BCUT2D eigenvalue weighted by Gasteiger charge is -2.09. The number of carbonyl (C=O) groups is 1. The van der Waals surface area contributed by atoms with Crippen molar-refractivity contribution in [2.45, 2.75) is 27.3 Å². The van der Waals surface area contributed by atoms with E-state index < -0.39 is 5.91 Å². The third-order valence-electron chi connectivity index (χ3n) is 3.81. The summed E-state index contributed by atoms with van der Waals surface area (Å²) in [5, 5.41) is 4.44. The third kappa shape index (κ3) is 3.03. The monoisotopic (exact) mass is 326 g/mol. The number of fused-ring (bicyclic) bond motifs is 1. The minimum absolute atomic E-state index is 0.420. The van der Waals surface area contributed by atoms with Crippen molar-refractivity contribution in [3.63, 3.8) is 0 Å². The Labute approximate surface area is 138 Å². The summed E-state index contributed by atoms with van der Waals surface area (Å²) in [7, 11) is 0. The summed E-state index contributed by atoms with van der Waals surface area (Å²) in [6.07, 6.45) is 0. The second kappa shape index (κ2) is 5.96. The fraction of sp³-hybridized carbons (Fsp3) is 0.235. The molecule has 0 spiro atoms. The lowest BCUT2D eigenvalue weighted by atomic mass is 10.1. The SMILES string of the molecule is Cc1nc(NCc2cccc(C(N)=O)c2)c2c(C)c(C)sc2n1. The zero-order valence-corrected chi connectivity index (χ0v) is 14.1. The van der Waals surface area contributed by atoms with Crippen molar-refractivity contribution in [1.82, 2.24) is 9.97 Å². The Balaban J connectivity index is 1.93. The summed E-state index contributed by atoms with van der Waals surface area (Å²) in [6, 6.07) is 7.30. The molecule has 5 nitrogen and oxygen atoms in total. The molecule has 1 aromatic carbocycles. The predicted molar refractivity (Wildman–Crippen MR) is 93.9 cm³/mol. The van der Waals surface area contributed by atoms with E-state index in [1.165, 1.54) is 10.4 Å². The molecule has 0 aliphatic carbocycles. The summed E-state index contributed by atoms with van der Waals surface area (Å²) in [5.74, 6) is 1.15. The van der Waals surface area contributed by atoms with Crippen LogP contribution in [-0.4, -0.2) is 15.9 Å². The van der Waals surface area contributed by atoms with Crippen LogP contribution in [0.25, 0.3) is 10.2 Å². The van der Waals surface area contributed by atoms with E-state index in [9.17, 15) is 4.79 Å². The van der Waals surface area contributed by atoms with Gasteiger partial charge >= 0.3 is 0 Å². The van der Waals surface area contributed by atoms with Crippen LogP contribution >= 0.6 is 11.3 Å². The molecule has 0 saturated carbocycles. The van der Waals surface area contributed by atoms with E-state index in [4.69, 9.17) is 5.73 Å². The van der Waals surface area contributed by atoms with E-state index >= 15 is 0 Å². The largest absolute Gasteiger partial charge is 0.366 e. The van der Waals surface area contributed by atoms with Crippen molar-refractivity contribution >= 4 is 33.3 Å². The van der Waals surface area contributed by atoms with Gasteiger partial charge in [0.05, 0.1) is 5.39 Å². The van der Waals surface area contributed by atoms with E-state index in [0.717, 1.165) is 27.4 Å². The van der Waals surface area contributed by atoms with Crippen molar-refractivity contribution in [2.75, 3.05) is 5.32 Å². The van der Waals surface area contributed by atoms with Crippen molar-refractivity contribution in [3.8, 4) is 0 Å².